The maximum absolute atomic E-state index is 14.2. The third-order valence-corrected chi connectivity index (χ3v) is 5.18. The van der Waals surface area contributed by atoms with Crippen LogP contribution >= 0.6 is 22.6 Å². The van der Waals surface area contributed by atoms with Crippen molar-refractivity contribution < 1.29 is 61.8 Å². The molecule has 0 saturated heterocycles. The largest absolute Gasteiger partial charge is 0.460 e. The number of methoxy groups -OCH3 is 1. The van der Waals surface area contributed by atoms with Crippen LogP contribution in [-0.4, -0.2) is 42.9 Å². The summed E-state index contributed by atoms with van der Waals surface area (Å²) in [7, 11) is 0.677. The molecule has 1 unspecified atom stereocenters. The SMILES string of the molecule is COC(C)(CC(F)(F)C(F)(F)C(F)(F)C(F)(F)C(F)(F)C(F)(F)F)c1ccc(I)cc1. The van der Waals surface area contributed by atoms with Gasteiger partial charge < -0.3 is 4.74 Å². The summed E-state index contributed by atoms with van der Waals surface area (Å²) in [6.07, 6.45) is -9.90. The van der Waals surface area contributed by atoms with Crippen LogP contribution in [0, 0.1) is 3.57 Å². The van der Waals surface area contributed by atoms with Gasteiger partial charge in [0, 0.05) is 10.7 Å². The lowest BCUT2D eigenvalue weighted by Gasteiger charge is -2.42. The molecule has 31 heavy (non-hydrogen) atoms. The highest BCUT2D eigenvalue weighted by Crippen LogP contribution is 2.61. The Morgan fingerprint density at radius 2 is 1.06 bits per heavy atom. The summed E-state index contributed by atoms with van der Waals surface area (Å²) in [6, 6.07) is 4.61. The summed E-state index contributed by atoms with van der Waals surface area (Å²) in [5.74, 6) is -37.1. The highest BCUT2D eigenvalue weighted by molar-refractivity contribution is 14.1. The van der Waals surface area contributed by atoms with Crippen LogP contribution in [0.15, 0.2) is 24.3 Å². The van der Waals surface area contributed by atoms with Crippen molar-refractivity contribution in [1.29, 1.82) is 0 Å². The Morgan fingerprint density at radius 3 is 1.42 bits per heavy atom. The van der Waals surface area contributed by atoms with E-state index in [1.54, 1.807) is 22.6 Å². The van der Waals surface area contributed by atoms with Crippen LogP contribution in [0.3, 0.4) is 0 Å². The van der Waals surface area contributed by atoms with Crippen molar-refractivity contribution >= 4 is 22.6 Å². The summed E-state index contributed by atoms with van der Waals surface area (Å²) in [6.45, 7) is 0.680. The standard InChI is InChI=1S/C16H12F13IO/c1-10(31-2,8-3-5-9(30)6-4-8)7-11(17,18)12(19,20)13(21,22)14(23,24)15(25,26)16(27,28)29/h3-6H,7H2,1-2H3. The highest BCUT2D eigenvalue weighted by Gasteiger charge is 2.90. The van der Waals surface area contributed by atoms with Crippen LogP contribution in [0.5, 0.6) is 0 Å². The molecule has 0 spiro atoms. The van der Waals surface area contributed by atoms with Crippen molar-refractivity contribution in [2.75, 3.05) is 7.11 Å². The van der Waals surface area contributed by atoms with E-state index in [0.717, 1.165) is 12.1 Å². The number of hydrogen-bond acceptors (Lipinski definition) is 1. The van der Waals surface area contributed by atoms with Crippen molar-refractivity contribution in [3.63, 3.8) is 0 Å². The summed E-state index contributed by atoms with van der Waals surface area (Å²) in [5, 5.41) is 0. The third-order valence-electron chi connectivity index (χ3n) is 4.46. The van der Waals surface area contributed by atoms with Crippen molar-refractivity contribution in [2.45, 2.75) is 54.7 Å². The fourth-order valence-electron chi connectivity index (χ4n) is 2.43. The van der Waals surface area contributed by atoms with Crippen LogP contribution in [0.25, 0.3) is 0 Å². The monoisotopic (exact) mass is 594 g/mol. The first-order valence-electron chi connectivity index (χ1n) is 7.79. The maximum atomic E-state index is 14.2. The van der Waals surface area contributed by atoms with E-state index in [1.807, 2.05) is 0 Å². The molecule has 1 aromatic carbocycles. The Kier molecular flexibility index (Phi) is 7.32. The van der Waals surface area contributed by atoms with E-state index < -0.39 is 47.8 Å². The van der Waals surface area contributed by atoms with Crippen molar-refractivity contribution in [3.05, 3.63) is 33.4 Å². The molecule has 1 aromatic rings. The molecular weight excluding hydrogens is 582 g/mol. The molecule has 0 saturated carbocycles. The number of hydrogen-bond donors (Lipinski definition) is 0. The predicted molar refractivity (Wildman–Crippen MR) is 88.9 cm³/mol. The van der Waals surface area contributed by atoms with Crippen LogP contribution in [-0.2, 0) is 10.3 Å². The van der Waals surface area contributed by atoms with E-state index >= 15 is 0 Å². The lowest BCUT2D eigenvalue weighted by atomic mass is 9.84. The van der Waals surface area contributed by atoms with Gasteiger partial charge in [-0.3, -0.25) is 0 Å². The van der Waals surface area contributed by atoms with E-state index in [1.165, 1.54) is 12.1 Å². The molecule has 0 bridgehead atoms. The van der Waals surface area contributed by atoms with Gasteiger partial charge in [-0.25, -0.2) is 0 Å². The van der Waals surface area contributed by atoms with Crippen LogP contribution < -0.4 is 0 Å². The van der Waals surface area contributed by atoms with E-state index in [4.69, 9.17) is 0 Å². The Balaban J connectivity index is 3.49. The van der Waals surface area contributed by atoms with Gasteiger partial charge in [-0.1, -0.05) is 12.1 Å². The molecule has 0 aromatic heterocycles. The van der Waals surface area contributed by atoms with Gasteiger partial charge in [-0.2, -0.15) is 57.1 Å². The normalized spacial score (nSPS) is 16.9. The van der Waals surface area contributed by atoms with Crippen LogP contribution in [0.4, 0.5) is 57.1 Å². The van der Waals surface area contributed by atoms with E-state index in [0.29, 0.717) is 17.6 Å². The summed E-state index contributed by atoms with van der Waals surface area (Å²) >= 11 is 1.76. The van der Waals surface area contributed by atoms with E-state index in [-0.39, 0.29) is 5.56 Å². The van der Waals surface area contributed by atoms with Crippen molar-refractivity contribution in [1.82, 2.24) is 0 Å². The van der Waals surface area contributed by atoms with E-state index in [9.17, 15) is 57.1 Å². The Bertz CT molecular complexity index is 773. The molecule has 1 atom stereocenters. The minimum atomic E-state index is -7.92. The predicted octanol–water partition coefficient (Wildman–Crippen LogP) is 7.28. The number of rotatable bonds is 8. The Labute approximate surface area is 180 Å². The molecule has 0 aliphatic heterocycles. The smallest absolute Gasteiger partial charge is 0.374 e. The zero-order valence-electron chi connectivity index (χ0n) is 15.2. The summed E-state index contributed by atoms with van der Waals surface area (Å²) < 4.78 is 177. The topological polar surface area (TPSA) is 9.23 Å². The van der Waals surface area contributed by atoms with Gasteiger partial charge in [-0.15, -0.1) is 0 Å². The number of alkyl halides is 13. The molecule has 0 heterocycles. The molecule has 0 N–H and O–H groups in total. The summed E-state index contributed by atoms with van der Waals surface area (Å²) in [5.41, 5.74) is -2.86. The van der Waals surface area contributed by atoms with Gasteiger partial charge in [0.15, 0.2) is 0 Å². The lowest BCUT2D eigenvalue weighted by molar-refractivity contribution is -0.441. The van der Waals surface area contributed by atoms with Crippen molar-refractivity contribution in [2.24, 2.45) is 0 Å². The second kappa shape index (κ2) is 8.09. The minimum absolute atomic E-state index is 0.318. The molecular formula is C16H12F13IO. The molecule has 0 fully saturated rings. The third kappa shape index (κ3) is 4.44. The quantitative estimate of drug-likeness (QED) is 0.227. The first-order chi connectivity index (χ1) is 13.5. The molecule has 15 heteroatoms. The van der Waals surface area contributed by atoms with Gasteiger partial charge in [0.1, 0.15) is 0 Å². The fraction of sp³-hybridized carbons (Fsp3) is 0.625. The fourth-order valence-corrected chi connectivity index (χ4v) is 2.79. The lowest BCUT2D eigenvalue weighted by Crippen LogP contribution is -2.70. The molecule has 0 aliphatic carbocycles. The molecule has 180 valence electrons. The van der Waals surface area contributed by atoms with Gasteiger partial charge in [0.05, 0.1) is 12.0 Å². The maximum Gasteiger partial charge on any atom is 0.460 e. The number of ether oxygens (including phenoxy) is 1. The Hall–Kier alpha value is -1.00. The summed E-state index contributed by atoms with van der Waals surface area (Å²) in [4.78, 5) is 0. The second-order valence-corrected chi connectivity index (χ2v) is 7.86. The minimum Gasteiger partial charge on any atom is -0.374 e. The molecule has 0 amide bonds. The average Bonchev–Trinajstić information content (AvgIpc) is 2.60. The number of halogens is 14. The molecule has 0 aliphatic rings. The van der Waals surface area contributed by atoms with Crippen LogP contribution in [0.1, 0.15) is 18.9 Å². The van der Waals surface area contributed by atoms with Gasteiger partial charge >= 0.3 is 35.8 Å². The van der Waals surface area contributed by atoms with E-state index in [2.05, 4.69) is 4.74 Å². The molecule has 0 radical (unpaired) electrons. The zero-order valence-corrected chi connectivity index (χ0v) is 17.4. The van der Waals surface area contributed by atoms with Crippen LogP contribution in [0.2, 0.25) is 0 Å². The van der Waals surface area contributed by atoms with Crippen molar-refractivity contribution in [3.8, 4) is 0 Å². The second-order valence-electron chi connectivity index (χ2n) is 6.62. The first kappa shape index (κ1) is 28.0. The number of benzene rings is 1. The first-order valence-corrected chi connectivity index (χ1v) is 8.87. The zero-order chi connectivity index (χ0) is 24.9. The van der Waals surface area contributed by atoms with Gasteiger partial charge in [0.2, 0.25) is 0 Å². The van der Waals surface area contributed by atoms with Gasteiger partial charge in [-0.05, 0) is 47.2 Å². The molecule has 1 rings (SSSR count). The Morgan fingerprint density at radius 1 is 0.677 bits per heavy atom. The van der Waals surface area contributed by atoms with Gasteiger partial charge in [0.25, 0.3) is 0 Å². The average molecular weight is 594 g/mol. The highest BCUT2D eigenvalue weighted by atomic mass is 127. The molecule has 1 nitrogen and oxygen atoms in total.